The molecule has 13 heteroatoms. The number of rotatable bonds is 48. The molecule has 0 spiro atoms. The number of hydrogen-bond acceptors (Lipinski definition) is 8. The standard InChI is InChI=1S/4C16H35O2P.Mo/c4*1-5-7-9-11-13-15(3)19(17,18)16(4)14-12-10-8-6-2;/h4*15-16H,5-14H2,1-4H3,(H,17,18);/q;;;;+4/p-4. The fourth-order valence-electron chi connectivity index (χ4n) is 10.1. The molecule has 0 rings (SSSR count). The van der Waals surface area contributed by atoms with Crippen LogP contribution in [0.25, 0.3) is 0 Å². The second-order valence-electron chi connectivity index (χ2n) is 24.2. The summed E-state index contributed by atoms with van der Waals surface area (Å²) in [6, 6.07) is 0. The Morgan fingerprint density at radius 1 is 0.208 bits per heavy atom. The van der Waals surface area contributed by atoms with Crippen LogP contribution in [0.3, 0.4) is 0 Å². The molecule has 0 saturated heterocycles. The molecule has 8 atom stereocenters. The molecule has 0 aliphatic rings. The second-order valence-corrected chi connectivity index (χ2v) is 36.4. The van der Waals surface area contributed by atoms with Crippen LogP contribution in [0, 0.1) is 0 Å². The molecule has 0 radical (unpaired) electrons. The van der Waals surface area contributed by atoms with Crippen LogP contribution in [0.1, 0.15) is 368 Å². The molecule has 0 aliphatic heterocycles. The monoisotopic (exact) mass is 1250 g/mol. The van der Waals surface area contributed by atoms with Crippen LogP contribution >= 0.6 is 29.5 Å². The minimum atomic E-state index is -3.22. The molecule has 0 saturated carbocycles. The zero-order valence-electron chi connectivity index (χ0n) is 54.4. The van der Waals surface area contributed by atoms with Gasteiger partial charge in [-0.15, -0.1) is 0 Å². The van der Waals surface area contributed by atoms with Gasteiger partial charge in [0.05, 0.1) is 0 Å². The first-order chi connectivity index (χ1) is 35.9. The van der Waals surface area contributed by atoms with Crippen LogP contribution in [0.5, 0.6) is 0 Å². The fraction of sp³-hybridized carbons (Fsp3) is 1.00. The molecule has 0 aliphatic carbocycles. The Morgan fingerprint density at radius 3 is 0.377 bits per heavy atom. The Kier molecular flexibility index (Phi) is 64.1. The average molecular weight is 1250 g/mol. The van der Waals surface area contributed by atoms with Crippen LogP contribution in [0.4, 0.5) is 0 Å². The second kappa shape index (κ2) is 56.6. The SMILES string of the molecule is CCCCCCC(C)P(=O)([O-])C(C)CCCCCC.CCCCCCC(C)P(=O)([O-])C(C)CCCCCC.CCCCCCC(C)P(=O)([O-])C(C)CCCCCC.CCCCCCC(C)P(=O)([O-])C(C)CCCCCC.[Mo+4]. The van der Waals surface area contributed by atoms with Crippen LogP contribution in [0.15, 0.2) is 0 Å². The Morgan fingerprint density at radius 2 is 0.299 bits per heavy atom. The van der Waals surface area contributed by atoms with E-state index in [0.29, 0.717) is 0 Å². The van der Waals surface area contributed by atoms with Gasteiger partial charge in [-0.25, -0.2) is 0 Å². The van der Waals surface area contributed by atoms with Crippen molar-refractivity contribution in [3.63, 3.8) is 0 Å². The van der Waals surface area contributed by atoms with Crippen molar-refractivity contribution in [2.45, 2.75) is 413 Å². The first-order valence-electron chi connectivity index (χ1n) is 33.1. The first-order valence-corrected chi connectivity index (χ1v) is 40.1. The molecule has 8 unspecified atom stereocenters. The predicted octanol–water partition coefficient (Wildman–Crippen LogP) is 21.4. The van der Waals surface area contributed by atoms with Crippen LogP contribution in [-0.4, -0.2) is 45.3 Å². The zero-order valence-corrected chi connectivity index (χ0v) is 60.0. The minimum absolute atomic E-state index is 0. The fourth-order valence-corrected chi connectivity index (χ4v) is 17.9. The van der Waals surface area contributed by atoms with E-state index in [4.69, 9.17) is 0 Å². The van der Waals surface area contributed by atoms with E-state index in [-0.39, 0.29) is 66.3 Å². The van der Waals surface area contributed by atoms with Crippen molar-refractivity contribution in [3.05, 3.63) is 0 Å². The third-order valence-electron chi connectivity index (χ3n) is 16.7. The smallest absolute Gasteiger partial charge is 0.799 e. The summed E-state index contributed by atoms with van der Waals surface area (Å²) in [6.45, 7) is 32.7. The maximum absolute atomic E-state index is 12.4. The summed E-state index contributed by atoms with van der Waals surface area (Å²) in [4.78, 5) is 49.5. The van der Waals surface area contributed by atoms with Gasteiger partial charge in [0.2, 0.25) is 0 Å². The van der Waals surface area contributed by atoms with Gasteiger partial charge in [0, 0.05) is 29.5 Å². The zero-order chi connectivity index (χ0) is 58.9. The summed E-state index contributed by atoms with van der Waals surface area (Å²) in [6.07, 6.45) is 44.1. The van der Waals surface area contributed by atoms with Crippen molar-refractivity contribution in [3.8, 4) is 0 Å². The van der Waals surface area contributed by atoms with Gasteiger partial charge in [-0.3, -0.25) is 0 Å². The Hall–Kier alpha value is 1.45. The predicted molar refractivity (Wildman–Crippen MR) is 336 cm³/mol. The van der Waals surface area contributed by atoms with Crippen LogP contribution in [0.2, 0.25) is 0 Å². The summed E-state index contributed by atoms with van der Waals surface area (Å²) in [5.41, 5.74) is -1.07. The van der Waals surface area contributed by atoms with Gasteiger partial charge < -0.3 is 37.8 Å². The van der Waals surface area contributed by atoms with Gasteiger partial charge in [0.25, 0.3) is 0 Å². The molecule has 77 heavy (non-hydrogen) atoms. The van der Waals surface area contributed by atoms with E-state index in [1.807, 2.05) is 55.4 Å². The van der Waals surface area contributed by atoms with Crippen LogP contribution in [-0.2, 0) is 39.3 Å². The maximum atomic E-state index is 12.4. The molecule has 8 nitrogen and oxygen atoms in total. The molecule has 0 aromatic carbocycles. The van der Waals surface area contributed by atoms with Gasteiger partial charge in [-0.2, -0.15) is 0 Å². The van der Waals surface area contributed by atoms with E-state index < -0.39 is 29.5 Å². The van der Waals surface area contributed by atoms with E-state index in [1.165, 1.54) is 154 Å². The van der Waals surface area contributed by atoms with Crippen molar-refractivity contribution >= 4 is 29.5 Å². The molecular weight excluding hydrogens is 1120 g/mol. The van der Waals surface area contributed by atoms with Crippen LogP contribution < -0.4 is 19.6 Å². The maximum Gasteiger partial charge on any atom is 4.00 e. The Bertz CT molecular complexity index is 1140. The van der Waals surface area contributed by atoms with E-state index in [1.54, 1.807) is 0 Å². The molecular formula is C64H136MoO8P4. The van der Waals surface area contributed by atoms with Gasteiger partial charge in [0.1, 0.15) is 0 Å². The van der Waals surface area contributed by atoms with Crippen molar-refractivity contribution < 1.29 is 58.9 Å². The molecule has 0 N–H and O–H groups in total. The molecule has 0 aromatic heterocycles. The van der Waals surface area contributed by atoms with Crippen molar-refractivity contribution in [1.82, 2.24) is 0 Å². The normalized spacial score (nSPS) is 17.7. The molecule has 0 fully saturated rings. The average Bonchev–Trinajstić information content (AvgIpc) is 3.39. The number of hydrogen-bond donors (Lipinski definition) is 0. The minimum Gasteiger partial charge on any atom is -0.799 e. The molecule has 0 aromatic rings. The van der Waals surface area contributed by atoms with Gasteiger partial charge in [-0.1, -0.05) is 316 Å². The summed E-state index contributed by atoms with van der Waals surface area (Å²) < 4.78 is 49.5. The quantitative estimate of drug-likeness (QED) is 0.0330. The van der Waals surface area contributed by atoms with E-state index in [9.17, 15) is 37.8 Å². The largest absolute Gasteiger partial charge is 4.00 e. The summed E-state index contributed by atoms with van der Waals surface area (Å²) >= 11 is 0. The first kappa shape index (κ1) is 87.2. The Labute approximate surface area is 498 Å². The Balaban J connectivity index is -0.000000298. The van der Waals surface area contributed by atoms with Gasteiger partial charge in [0.15, 0.2) is 0 Å². The van der Waals surface area contributed by atoms with E-state index in [2.05, 4.69) is 55.4 Å². The molecule has 0 heterocycles. The third kappa shape index (κ3) is 46.4. The summed E-state index contributed by atoms with van der Waals surface area (Å²) in [5.74, 6) is 0. The van der Waals surface area contributed by atoms with E-state index in [0.717, 1.165) is 103 Å². The van der Waals surface area contributed by atoms with Crippen molar-refractivity contribution in [1.29, 1.82) is 0 Å². The topological polar surface area (TPSA) is 161 Å². The molecule has 466 valence electrons. The third-order valence-corrected chi connectivity index (χ3v) is 28.6. The van der Waals surface area contributed by atoms with Crippen molar-refractivity contribution in [2.24, 2.45) is 0 Å². The van der Waals surface area contributed by atoms with Crippen molar-refractivity contribution in [2.75, 3.05) is 0 Å². The summed E-state index contributed by atoms with van der Waals surface area (Å²) in [5, 5.41) is 0. The molecule has 0 bridgehead atoms. The summed E-state index contributed by atoms with van der Waals surface area (Å²) in [7, 11) is -12.9. The van der Waals surface area contributed by atoms with E-state index >= 15 is 0 Å². The number of unbranched alkanes of at least 4 members (excludes halogenated alkanes) is 24. The molecule has 0 amide bonds. The van der Waals surface area contributed by atoms with Gasteiger partial charge >= 0.3 is 21.1 Å². The van der Waals surface area contributed by atoms with Gasteiger partial charge in [-0.05, 0) is 96.6 Å².